The van der Waals surface area contributed by atoms with E-state index in [2.05, 4.69) is 19.2 Å². The van der Waals surface area contributed by atoms with Crippen LogP contribution in [0.3, 0.4) is 0 Å². The second kappa shape index (κ2) is 10.9. The van der Waals surface area contributed by atoms with E-state index in [1.165, 1.54) is 4.31 Å². The number of ether oxygens (including phenoxy) is 1. The van der Waals surface area contributed by atoms with Crippen molar-refractivity contribution in [2.24, 2.45) is 5.92 Å². The van der Waals surface area contributed by atoms with Crippen molar-refractivity contribution in [3.8, 4) is 5.75 Å². The van der Waals surface area contributed by atoms with Crippen LogP contribution in [-0.2, 0) is 21.4 Å². The lowest BCUT2D eigenvalue weighted by Crippen LogP contribution is -2.50. The van der Waals surface area contributed by atoms with E-state index in [9.17, 15) is 13.2 Å². The van der Waals surface area contributed by atoms with Gasteiger partial charge in [0, 0.05) is 32.7 Å². The Morgan fingerprint density at radius 1 is 1.00 bits per heavy atom. The van der Waals surface area contributed by atoms with Crippen molar-refractivity contribution < 1.29 is 17.9 Å². The van der Waals surface area contributed by atoms with E-state index in [4.69, 9.17) is 4.74 Å². The van der Waals surface area contributed by atoms with Crippen LogP contribution in [0.15, 0.2) is 53.4 Å². The van der Waals surface area contributed by atoms with E-state index < -0.39 is 10.0 Å². The number of carbonyl (C=O) groups excluding carboxylic acids is 1. The van der Waals surface area contributed by atoms with Crippen LogP contribution in [0.25, 0.3) is 0 Å². The largest absolute Gasteiger partial charge is 0.493 e. The molecule has 0 radical (unpaired) electrons. The molecule has 1 fully saturated rings. The molecule has 1 aliphatic rings. The minimum atomic E-state index is -3.49. The fourth-order valence-electron chi connectivity index (χ4n) is 3.41. The SMILES string of the molecule is Cc1ccc(S(=O)(=O)N2CCN(CC(=O)NCc3ccc(OCC(C)C)cc3)CC2)cc1. The van der Waals surface area contributed by atoms with Gasteiger partial charge in [0.15, 0.2) is 0 Å². The second-order valence-electron chi connectivity index (χ2n) is 8.62. The summed E-state index contributed by atoms with van der Waals surface area (Å²) in [6.45, 7) is 9.33. The van der Waals surface area contributed by atoms with Gasteiger partial charge in [-0.15, -0.1) is 0 Å². The van der Waals surface area contributed by atoms with Crippen molar-refractivity contribution >= 4 is 15.9 Å². The first-order valence-corrected chi connectivity index (χ1v) is 12.5. The number of carbonyl (C=O) groups is 1. The van der Waals surface area contributed by atoms with Crippen molar-refractivity contribution in [3.05, 3.63) is 59.7 Å². The van der Waals surface area contributed by atoms with Gasteiger partial charge in [0.25, 0.3) is 0 Å². The van der Waals surface area contributed by atoms with Crippen LogP contribution in [0.1, 0.15) is 25.0 Å². The zero-order valence-electron chi connectivity index (χ0n) is 19.1. The predicted molar refractivity (Wildman–Crippen MR) is 125 cm³/mol. The molecule has 0 spiro atoms. The molecule has 0 saturated carbocycles. The smallest absolute Gasteiger partial charge is 0.243 e. The molecular formula is C24H33N3O4S. The summed E-state index contributed by atoms with van der Waals surface area (Å²) < 4.78 is 32.8. The molecular weight excluding hydrogens is 426 g/mol. The number of sulfonamides is 1. The number of amides is 1. The maximum Gasteiger partial charge on any atom is 0.243 e. The quantitative estimate of drug-likeness (QED) is 0.624. The van der Waals surface area contributed by atoms with Gasteiger partial charge in [0.1, 0.15) is 5.75 Å². The van der Waals surface area contributed by atoms with Gasteiger partial charge in [-0.1, -0.05) is 43.7 Å². The number of aryl methyl sites for hydroxylation is 1. The molecule has 3 rings (SSSR count). The highest BCUT2D eigenvalue weighted by atomic mass is 32.2. The summed E-state index contributed by atoms with van der Waals surface area (Å²) in [5, 5.41) is 2.94. The van der Waals surface area contributed by atoms with Crippen molar-refractivity contribution in [2.45, 2.75) is 32.2 Å². The third-order valence-electron chi connectivity index (χ3n) is 5.35. The Balaban J connectivity index is 1.42. The van der Waals surface area contributed by atoms with E-state index in [-0.39, 0.29) is 12.5 Å². The van der Waals surface area contributed by atoms with E-state index in [0.29, 0.717) is 50.1 Å². The fraction of sp³-hybridized carbons (Fsp3) is 0.458. The third kappa shape index (κ3) is 6.79. The van der Waals surface area contributed by atoms with Crippen molar-refractivity contribution in [2.75, 3.05) is 39.3 Å². The van der Waals surface area contributed by atoms with Crippen LogP contribution in [0, 0.1) is 12.8 Å². The first kappa shape index (κ1) is 24.2. The van der Waals surface area contributed by atoms with E-state index in [1.807, 2.05) is 36.1 Å². The van der Waals surface area contributed by atoms with Crippen LogP contribution >= 0.6 is 0 Å². The molecule has 1 aliphatic heterocycles. The first-order valence-electron chi connectivity index (χ1n) is 11.0. The highest BCUT2D eigenvalue weighted by Crippen LogP contribution is 2.18. The van der Waals surface area contributed by atoms with Gasteiger partial charge in [-0.2, -0.15) is 4.31 Å². The number of hydrogen-bond acceptors (Lipinski definition) is 5. The summed E-state index contributed by atoms with van der Waals surface area (Å²) in [6, 6.07) is 14.6. The van der Waals surface area contributed by atoms with Crippen LogP contribution in [0.5, 0.6) is 5.75 Å². The molecule has 0 atom stereocenters. The van der Waals surface area contributed by atoms with Gasteiger partial charge in [-0.3, -0.25) is 9.69 Å². The van der Waals surface area contributed by atoms with Gasteiger partial charge in [-0.25, -0.2) is 8.42 Å². The Morgan fingerprint density at radius 3 is 2.22 bits per heavy atom. The summed E-state index contributed by atoms with van der Waals surface area (Å²) in [6.07, 6.45) is 0. The summed E-state index contributed by atoms with van der Waals surface area (Å²) in [7, 11) is -3.49. The summed E-state index contributed by atoms with van der Waals surface area (Å²) in [4.78, 5) is 14.7. The molecule has 1 heterocycles. The number of piperazine rings is 1. The Morgan fingerprint density at radius 2 is 1.62 bits per heavy atom. The molecule has 7 nitrogen and oxygen atoms in total. The lowest BCUT2D eigenvalue weighted by Gasteiger charge is -2.33. The van der Waals surface area contributed by atoms with Crippen LogP contribution in [0.2, 0.25) is 0 Å². The molecule has 2 aromatic carbocycles. The number of nitrogens with zero attached hydrogens (tertiary/aromatic N) is 2. The standard InChI is InChI=1S/C24H33N3O4S/c1-19(2)18-31-22-8-6-21(7-9-22)16-25-24(28)17-26-12-14-27(15-13-26)32(29,30)23-10-4-20(3)5-11-23/h4-11,19H,12-18H2,1-3H3,(H,25,28). The summed E-state index contributed by atoms with van der Waals surface area (Å²) >= 11 is 0. The molecule has 32 heavy (non-hydrogen) atoms. The lowest BCUT2D eigenvalue weighted by atomic mass is 10.2. The topological polar surface area (TPSA) is 79.0 Å². The molecule has 1 amide bonds. The lowest BCUT2D eigenvalue weighted by molar-refractivity contribution is -0.122. The summed E-state index contributed by atoms with van der Waals surface area (Å²) in [5.74, 6) is 1.23. The molecule has 1 saturated heterocycles. The predicted octanol–water partition coefficient (Wildman–Crippen LogP) is 2.65. The zero-order chi connectivity index (χ0) is 23.1. The van der Waals surface area contributed by atoms with Crippen LogP contribution < -0.4 is 10.1 Å². The molecule has 0 aliphatic carbocycles. The van der Waals surface area contributed by atoms with Gasteiger partial charge in [-0.05, 0) is 42.7 Å². The molecule has 174 valence electrons. The maximum atomic E-state index is 12.8. The number of nitrogens with one attached hydrogen (secondary N) is 1. The Hall–Kier alpha value is -2.42. The molecule has 2 aromatic rings. The molecule has 8 heteroatoms. The normalized spacial score (nSPS) is 15.6. The minimum Gasteiger partial charge on any atom is -0.493 e. The minimum absolute atomic E-state index is 0.0695. The average molecular weight is 460 g/mol. The monoisotopic (exact) mass is 459 g/mol. The van der Waals surface area contributed by atoms with Crippen molar-refractivity contribution in [3.63, 3.8) is 0 Å². The zero-order valence-corrected chi connectivity index (χ0v) is 19.9. The van der Waals surface area contributed by atoms with Gasteiger partial charge in [0.2, 0.25) is 15.9 Å². The van der Waals surface area contributed by atoms with E-state index in [1.54, 1.807) is 24.3 Å². The van der Waals surface area contributed by atoms with Gasteiger partial charge >= 0.3 is 0 Å². The highest BCUT2D eigenvalue weighted by Gasteiger charge is 2.28. The van der Waals surface area contributed by atoms with E-state index >= 15 is 0 Å². The van der Waals surface area contributed by atoms with Crippen LogP contribution in [-0.4, -0.2) is 62.9 Å². The third-order valence-corrected chi connectivity index (χ3v) is 7.27. The number of rotatable bonds is 9. The summed E-state index contributed by atoms with van der Waals surface area (Å²) in [5.41, 5.74) is 2.03. The highest BCUT2D eigenvalue weighted by molar-refractivity contribution is 7.89. The molecule has 0 aromatic heterocycles. The fourth-order valence-corrected chi connectivity index (χ4v) is 4.84. The Labute approximate surface area is 191 Å². The van der Waals surface area contributed by atoms with Gasteiger partial charge < -0.3 is 10.1 Å². The first-order chi connectivity index (χ1) is 15.2. The van der Waals surface area contributed by atoms with Crippen LogP contribution in [0.4, 0.5) is 0 Å². The molecule has 0 bridgehead atoms. The maximum absolute atomic E-state index is 12.8. The molecule has 1 N–H and O–H groups in total. The number of hydrogen-bond donors (Lipinski definition) is 1. The van der Waals surface area contributed by atoms with Gasteiger partial charge in [0.05, 0.1) is 18.0 Å². The average Bonchev–Trinajstić information content (AvgIpc) is 2.77. The number of benzene rings is 2. The molecule has 0 unspecified atom stereocenters. The Bertz CT molecular complexity index is 981. The van der Waals surface area contributed by atoms with Crippen molar-refractivity contribution in [1.29, 1.82) is 0 Å². The van der Waals surface area contributed by atoms with Crippen molar-refractivity contribution in [1.82, 2.24) is 14.5 Å². The van der Waals surface area contributed by atoms with E-state index in [0.717, 1.165) is 16.9 Å². The second-order valence-corrected chi connectivity index (χ2v) is 10.6. The Kier molecular flexibility index (Phi) is 8.28.